The number of hydrogen-bond donors (Lipinski definition) is 3. The Labute approximate surface area is 105 Å². The highest BCUT2D eigenvalue weighted by molar-refractivity contribution is 6.00. The minimum absolute atomic E-state index is 0.268. The number of carbonyl (C=O) groups excluding carboxylic acids is 1. The summed E-state index contributed by atoms with van der Waals surface area (Å²) in [6, 6.07) is 3.97. The molecule has 6 heteroatoms. The molecule has 0 saturated heterocycles. The van der Waals surface area contributed by atoms with Crippen LogP contribution in [-0.2, 0) is 15.0 Å². The maximum absolute atomic E-state index is 11.4. The minimum Gasteiger partial charge on any atom is -0.480 e. The second kappa shape index (κ2) is 5.59. The molecule has 1 unspecified atom stereocenters. The Kier molecular flexibility index (Phi) is 4.38. The number of hydrogen-bond acceptors (Lipinski definition) is 4. The molecular formula is C12H17N3O3. The van der Waals surface area contributed by atoms with Crippen LogP contribution in [0.4, 0.5) is 0 Å². The number of pyridine rings is 1. The Morgan fingerprint density at radius 3 is 2.67 bits per heavy atom. The van der Waals surface area contributed by atoms with Crippen molar-refractivity contribution in [2.24, 2.45) is 5.73 Å². The van der Waals surface area contributed by atoms with Gasteiger partial charge in [-0.25, -0.2) is 4.79 Å². The second-order valence-corrected chi connectivity index (χ2v) is 4.63. The van der Waals surface area contributed by atoms with E-state index in [1.54, 1.807) is 12.3 Å². The summed E-state index contributed by atoms with van der Waals surface area (Å²) in [6.07, 6.45) is 1.67. The number of nitrogens with two attached hydrogens (primary N) is 1. The summed E-state index contributed by atoms with van der Waals surface area (Å²) in [6.45, 7) is 4.08. The molecule has 1 amide bonds. The predicted octanol–water partition coefficient (Wildman–Crippen LogP) is -0.113. The third kappa shape index (κ3) is 3.53. The highest BCUT2D eigenvalue weighted by Crippen LogP contribution is 2.19. The maximum Gasteiger partial charge on any atom is 0.330 e. The Bertz CT molecular complexity index is 431. The van der Waals surface area contributed by atoms with Crippen molar-refractivity contribution in [2.75, 3.05) is 6.54 Å². The lowest BCUT2D eigenvalue weighted by molar-refractivity contribution is -0.142. The van der Waals surface area contributed by atoms with Crippen LogP contribution < -0.4 is 11.1 Å². The van der Waals surface area contributed by atoms with E-state index in [1.807, 2.05) is 26.0 Å². The molecule has 0 aliphatic rings. The largest absolute Gasteiger partial charge is 0.480 e. The summed E-state index contributed by atoms with van der Waals surface area (Å²) in [5, 5.41) is 11.1. The predicted molar refractivity (Wildman–Crippen MR) is 65.9 cm³/mol. The van der Waals surface area contributed by atoms with E-state index in [2.05, 4.69) is 10.3 Å². The first-order chi connectivity index (χ1) is 8.34. The molecule has 1 heterocycles. The van der Waals surface area contributed by atoms with Crippen molar-refractivity contribution in [3.05, 3.63) is 30.1 Å². The number of carboxylic acids is 1. The molecule has 0 fully saturated rings. The van der Waals surface area contributed by atoms with Crippen molar-refractivity contribution in [2.45, 2.75) is 25.3 Å². The van der Waals surface area contributed by atoms with Crippen molar-refractivity contribution in [3.8, 4) is 0 Å². The van der Waals surface area contributed by atoms with Gasteiger partial charge >= 0.3 is 5.97 Å². The Morgan fingerprint density at radius 1 is 1.50 bits per heavy atom. The first-order valence-corrected chi connectivity index (χ1v) is 5.52. The van der Waals surface area contributed by atoms with Gasteiger partial charge in [-0.05, 0) is 12.1 Å². The third-order valence-electron chi connectivity index (χ3n) is 2.61. The molecule has 0 radical (unpaired) electrons. The molecule has 0 bridgehead atoms. The van der Waals surface area contributed by atoms with E-state index in [-0.39, 0.29) is 6.54 Å². The highest BCUT2D eigenvalue weighted by atomic mass is 16.4. The van der Waals surface area contributed by atoms with Gasteiger partial charge in [0.15, 0.2) is 6.04 Å². The summed E-state index contributed by atoms with van der Waals surface area (Å²) in [4.78, 5) is 26.2. The normalized spacial score (nSPS) is 12.8. The number of carbonyl (C=O) groups is 2. The number of amides is 1. The average Bonchev–Trinajstić information content (AvgIpc) is 2.36. The van der Waals surface area contributed by atoms with Gasteiger partial charge in [0, 0.05) is 23.9 Å². The van der Waals surface area contributed by atoms with Crippen LogP contribution in [0.25, 0.3) is 0 Å². The van der Waals surface area contributed by atoms with Crippen LogP contribution in [0.5, 0.6) is 0 Å². The zero-order valence-corrected chi connectivity index (χ0v) is 10.4. The third-order valence-corrected chi connectivity index (χ3v) is 2.61. The number of nitrogens with zero attached hydrogens (tertiary/aromatic N) is 1. The van der Waals surface area contributed by atoms with E-state index in [0.717, 1.165) is 5.69 Å². The first kappa shape index (κ1) is 14.1. The number of rotatable bonds is 5. The van der Waals surface area contributed by atoms with Crippen molar-refractivity contribution < 1.29 is 14.7 Å². The fourth-order valence-electron chi connectivity index (χ4n) is 1.38. The molecule has 18 heavy (non-hydrogen) atoms. The first-order valence-electron chi connectivity index (χ1n) is 5.52. The van der Waals surface area contributed by atoms with Crippen LogP contribution in [0.1, 0.15) is 19.5 Å². The molecule has 1 aromatic heterocycles. The highest BCUT2D eigenvalue weighted by Gasteiger charge is 2.26. The summed E-state index contributed by atoms with van der Waals surface area (Å²) >= 11 is 0. The van der Waals surface area contributed by atoms with Gasteiger partial charge in [0.05, 0.1) is 0 Å². The van der Waals surface area contributed by atoms with Crippen LogP contribution in [-0.4, -0.2) is 34.6 Å². The van der Waals surface area contributed by atoms with Crippen molar-refractivity contribution in [1.82, 2.24) is 10.3 Å². The molecule has 98 valence electrons. The molecular weight excluding hydrogens is 234 g/mol. The average molecular weight is 251 g/mol. The summed E-state index contributed by atoms with van der Waals surface area (Å²) in [5.41, 5.74) is 5.62. The minimum atomic E-state index is -1.54. The lowest BCUT2D eigenvalue weighted by Gasteiger charge is -2.24. The molecule has 0 aliphatic carbocycles. The van der Waals surface area contributed by atoms with Gasteiger partial charge in [0.25, 0.3) is 0 Å². The van der Waals surface area contributed by atoms with Crippen LogP contribution in [0.3, 0.4) is 0 Å². The van der Waals surface area contributed by atoms with Gasteiger partial charge < -0.3 is 16.2 Å². The fourth-order valence-corrected chi connectivity index (χ4v) is 1.38. The molecule has 6 nitrogen and oxygen atoms in total. The van der Waals surface area contributed by atoms with Gasteiger partial charge in [-0.3, -0.25) is 9.78 Å². The van der Waals surface area contributed by atoms with Gasteiger partial charge in [-0.15, -0.1) is 0 Å². The van der Waals surface area contributed by atoms with Crippen LogP contribution in [0.15, 0.2) is 24.4 Å². The Morgan fingerprint density at radius 2 is 2.17 bits per heavy atom. The van der Waals surface area contributed by atoms with E-state index in [9.17, 15) is 9.59 Å². The number of carboxylic acid groups (broad SMARTS) is 1. The standard InChI is InChI=1S/C12H17N3O3/c1-12(2,8-5-3-4-6-14-8)7-15-10(16)9(13)11(17)18/h3-6,9H,7,13H2,1-2H3,(H,15,16)(H,17,18). The lowest BCUT2D eigenvalue weighted by atomic mass is 9.88. The summed E-state index contributed by atoms with van der Waals surface area (Å²) in [7, 11) is 0. The molecule has 4 N–H and O–H groups in total. The van der Waals surface area contributed by atoms with E-state index in [4.69, 9.17) is 10.8 Å². The van der Waals surface area contributed by atoms with Gasteiger partial charge in [-0.1, -0.05) is 19.9 Å². The molecule has 1 atom stereocenters. The Balaban J connectivity index is 2.63. The van der Waals surface area contributed by atoms with E-state index in [0.29, 0.717) is 0 Å². The second-order valence-electron chi connectivity index (χ2n) is 4.63. The molecule has 1 aromatic rings. The fraction of sp³-hybridized carbons (Fsp3) is 0.417. The zero-order valence-electron chi connectivity index (χ0n) is 10.4. The van der Waals surface area contributed by atoms with Crippen LogP contribution in [0, 0.1) is 0 Å². The van der Waals surface area contributed by atoms with Gasteiger partial charge in [-0.2, -0.15) is 0 Å². The van der Waals surface area contributed by atoms with Crippen LogP contribution in [0.2, 0.25) is 0 Å². The smallest absolute Gasteiger partial charge is 0.330 e. The topological polar surface area (TPSA) is 105 Å². The van der Waals surface area contributed by atoms with Crippen molar-refractivity contribution in [3.63, 3.8) is 0 Å². The quantitative estimate of drug-likeness (QED) is 0.633. The number of nitrogens with one attached hydrogen (secondary N) is 1. The molecule has 1 rings (SSSR count). The molecule has 0 saturated carbocycles. The number of aromatic nitrogens is 1. The summed E-state index contributed by atoms with van der Waals surface area (Å²) in [5.74, 6) is -2.05. The Hall–Kier alpha value is -1.95. The van der Waals surface area contributed by atoms with E-state index >= 15 is 0 Å². The summed E-state index contributed by atoms with van der Waals surface area (Å²) < 4.78 is 0. The van der Waals surface area contributed by atoms with Gasteiger partial charge in [0.1, 0.15) is 0 Å². The van der Waals surface area contributed by atoms with Crippen LogP contribution >= 0.6 is 0 Å². The zero-order chi connectivity index (χ0) is 13.8. The lowest BCUT2D eigenvalue weighted by Crippen LogP contribution is -2.49. The molecule has 0 aliphatic heterocycles. The van der Waals surface area contributed by atoms with Crippen molar-refractivity contribution >= 4 is 11.9 Å². The van der Waals surface area contributed by atoms with Gasteiger partial charge in [0.2, 0.25) is 5.91 Å². The van der Waals surface area contributed by atoms with Crippen molar-refractivity contribution in [1.29, 1.82) is 0 Å². The van der Waals surface area contributed by atoms with E-state index in [1.165, 1.54) is 0 Å². The monoisotopic (exact) mass is 251 g/mol. The molecule has 0 spiro atoms. The molecule has 0 aromatic carbocycles. The number of aliphatic carboxylic acids is 1. The van der Waals surface area contributed by atoms with E-state index < -0.39 is 23.3 Å². The SMILES string of the molecule is CC(C)(CNC(=O)C(N)C(=O)O)c1ccccn1. The maximum atomic E-state index is 11.4.